The van der Waals surface area contributed by atoms with Crippen LogP contribution in [0.15, 0.2) is 12.2 Å². The van der Waals surface area contributed by atoms with Crippen LogP contribution in [0.4, 0.5) is 0 Å². The Kier molecular flexibility index (Phi) is 9.31. The quantitative estimate of drug-likeness (QED) is 0.446. The third-order valence-corrected chi connectivity index (χ3v) is 11.8. The maximum atomic E-state index is 12.4. The van der Waals surface area contributed by atoms with E-state index in [4.69, 9.17) is 18.6 Å². The van der Waals surface area contributed by atoms with Crippen LogP contribution in [0.5, 0.6) is 0 Å². The molecule has 0 aliphatic heterocycles. The number of ether oxygens (including phenoxy) is 3. The van der Waals surface area contributed by atoms with Crippen LogP contribution < -0.4 is 0 Å². The van der Waals surface area contributed by atoms with Gasteiger partial charge >= 0.3 is 0 Å². The molecule has 0 amide bonds. The summed E-state index contributed by atoms with van der Waals surface area (Å²) in [5.41, 5.74) is -0.172. The summed E-state index contributed by atoms with van der Waals surface area (Å²) in [5.74, 6) is -0.241. The molecule has 0 unspecified atom stereocenters. The number of methoxy groups -OCH3 is 2. The summed E-state index contributed by atoms with van der Waals surface area (Å²) >= 11 is 0. The highest BCUT2D eigenvalue weighted by Gasteiger charge is 2.50. The highest BCUT2D eigenvalue weighted by Crippen LogP contribution is 2.43. The van der Waals surface area contributed by atoms with Gasteiger partial charge in [-0.2, -0.15) is 0 Å². The molecule has 1 N–H and O–H groups in total. The number of aliphatic hydroxyl groups is 1. The topological polar surface area (TPSA) is 74.2 Å². The molecule has 6 nitrogen and oxygen atoms in total. The van der Waals surface area contributed by atoms with Crippen molar-refractivity contribution in [2.24, 2.45) is 0 Å². The summed E-state index contributed by atoms with van der Waals surface area (Å²) in [7, 11) is 0.798. The molecule has 0 spiro atoms. The first-order valence-electron chi connectivity index (χ1n) is 9.76. The molecule has 158 valence electrons. The van der Waals surface area contributed by atoms with Gasteiger partial charge < -0.3 is 23.7 Å². The van der Waals surface area contributed by atoms with Crippen molar-refractivity contribution in [1.29, 1.82) is 0 Å². The van der Waals surface area contributed by atoms with Gasteiger partial charge in [0.15, 0.2) is 20.2 Å². The van der Waals surface area contributed by atoms with Gasteiger partial charge in [0.05, 0.1) is 6.61 Å². The molecule has 1 aliphatic rings. The second kappa shape index (κ2) is 10.3. The summed E-state index contributed by atoms with van der Waals surface area (Å²) in [6, 6.07) is 0. The van der Waals surface area contributed by atoms with Crippen LogP contribution in [0.2, 0.25) is 16.6 Å². The van der Waals surface area contributed by atoms with Crippen LogP contribution in [-0.2, 0) is 23.4 Å². The fourth-order valence-electron chi connectivity index (χ4n) is 4.57. The second-order valence-electron chi connectivity index (χ2n) is 8.37. The van der Waals surface area contributed by atoms with Crippen molar-refractivity contribution in [2.45, 2.75) is 82.4 Å². The normalized spacial score (nSPS) is 27.0. The standard InChI is InChI=1S/C20H38O6Si/c1-14(2)27(15(3)4,16(5)6)26-12-20(22)11-9-10-17(21)18(19(20)24-8)25-13-23-7/h9-10,14-16,18-19,22H,11-13H2,1-8H3/t18-,19-,20+/m0/s1. The molecule has 1 rings (SSSR count). The predicted octanol–water partition coefficient (Wildman–Crippen LogP) is 3.44. The third kappa shape index (κ3) is 5.28. The van der Waals surface area contributed by atoms with Crippen molar-refractivity contribution in [3.63, 3.8) is 0 Å². The zero-order chi connectivity index (χ0) is 20.8. The lowest BCUT2D eigenvalue weighted by molar-refractivity contribution is -0.189. The summed E-state index contributed by atoms with van der Waals surface area (Å²) in [4.78, 5) is 12.4. The maximum Gasteiger partial charge on any atom is 0.200 e. The largest absolute Gasteiger partial charge is 0.413 e. The van der Waals surface area contributed by atoms with Crippen LogP contribution in [0, 0.1) is 0 Å². The first kappa shape index (κ1) is 24.5. The lowest BCUT2D eigenvalue weighted by Crippen LogP contribution is -2.58. The minimum absolute atomic E-state index is 0.0519. The molecule has 3 atom stereocenters. The van der Waals surface area contributed by atoms with E-state index in [1.807, 2.05) is 0 Å². The predicted molar refractivity (Wildman–Crippen MR) is 108 cm³/mol. The highest BCUT2D eigenvalue weighted by atomic mass is 28.4. The molecular formula is C20H38O6Si. The van der Waals surface area contributed by atoms with Crippen LogP contribution >= 0.6 is 0 Å². The molecule has 27 heavy (non-hydrogen) atoms. The average Bonchev–Trinajstić information content (AvgIpc) is 2.68. The summed E-state index contributed by atoms with van der Waals surface area (Å²) in [6.45, 7) is 13.3. The first-order valence-corrected chi connectivity index (χ1v) is 11.9. The third-order valence-electron chi connectivity index (χ3n) is 5.74. The van der Waals surface area contributed by atoms with E-state index in [0.717, 1.165) is 0 Å². The van der Waals surface area contributed by atoms with Gasteiger partial charge in [-0.05, 0) is 29.1 Å². The Morgan fingerprint density at radius 3 is 2.15 bits per heavy atom. The minimum Gasteiger partial charge on any atom is -0.413 e. The molecular weight excluding hydrogens is 364 g/mol. The number of hydrogen-bond acceptors (Lipinski definition) is 6. The molecule has 0 aromatic heterocycles. The van der Waals surface area contributed by atoms with E-state index in [9.17, 15) is 9.90 Å². The van der Waals surface area contributed by atoms with Gasteiger partial charge in [-0.3, -0.25) is 4.79 Å². The fraction of sp³-hybridized carbons (Fsp3) is 0.850. The highest BCUT2D eigenvalue weighted by molar-refractivity contribution is 6.77. The van der Waals surface area contributed by atoms with Crippen molar-refractivity contribution in [2.75, 3.05) is 27.6 Å². The van der Waals surface area contributed by atoms with Crippen LogP contribution in [0.25, 0.3) is 0 Å². The average molecular weight is 403 g/mol. The fourth-order valence-corrected chi connectivity index (χ4v) is 10.1. The minimum atomic E-state index is -2.17. The number of ketones is 1. The lowest BCUT2D eigenvalue weighted by Gasteiger charge is -2.45. The smallest absolute Gasteiger partial charge is 0.200 e. The van der Waals surface area contributed by atoms with E-state index >= 15 is 0 Å². The molecule has 0 saturated heterocycles. The van der Waals surface area contributed by atoms with Crippen molar-refractivity contribution in [3.05, 3.63) is 12.2 Å². The van der Waals surface area contributed by atoms with Gasteiger partial charge in [0, 0.05) is 14.2 Å². The Morgan fingerprint density at radius 1 is 1.15 bits per heavy atom. The van der Waals surface area contributed by atoms with Gasteiger partial charge in [0.25, 0.3) is 0 Å². The van der Waals surface area contributed by atoms with Crippen molar-refractivity contribution in [3.8, 4) is 0 Å². The SMILES string of the molecule is COCO[C@H]1C(=O)C=CC[C@@](O)(CO[Si](C(C)C)(C(C)C)C(C)C)[C@H]1OC. The van der Waals surface area contributed by atoms with Gasteiger partial charge in [0.1, 0.15) is 18.5 Å². The lowest BCUT2D eigenvalue weighted by atomic mass is 9.90. The van der Waals surface area contributed by atoms with E-state index in [1.165, 1.54) is 20.3 Å². The van der Waals surface area contributed by atoms with Crippen LogP contribution in [-0.4, -0.2) is 64.6 Å². The van der Waals surface area contributed by atoms with Crippen LogP contribution in [0.1, 0.15) is 48.0 Å². The first-order chi connectivity index (χ1) is 12.6. The molecule has 0 saturated carbocycles. The Bertz CT molecular complexity index is 483. The van der Waals surface area contributed by atoms with E-state index in [1.54, 1.807) is 6.08 Å². The molecule has 0 radical (unpaired) electrons. The van der Waals surface area contributed by atoms with Crippen LogP contribution in [0.3, 0.4) is 0 Å². The Morgan fingerprint density at radius 2 is 1.70 bits per heavy atom. The zero-order valence-electron chi connectivity index (χ0n) is 18.2. The van der Waals surface area contributed by atoms with E-state index in [-0.39, 0.29) is 25.6 Å². The molecule has 0 aromatic rings. The van der Waals surface area contributed by atoms with Crippen molar-refractivity contribution in [1.82, 2.24) is 0 Å². The van der Waals surface area contributed by atoms with E-state index in [0.29, 0.717) is 16.6 Å². The van der Waals surface area contributed by atoms with E-state index < -0.39 is 26.1 Å². The molecule has 0 heterocycles. The second-order valence-corrected chi connectivity index (χ2v) is 13.8. The molecule has 0 bridgehead atoms. The maximum absolute atomic E-state index is 12.4. The molecule has 1 aliphatic carbocycles. The number of carbonyl (C=O) groups excluding carboxylic acids is 1. The Balaban J connectivity index is 3.16. The Labute approximate surface area is 165 Å². The molecule has 7 heteroatoms. The zero-order valence-corrected chi connectivity index (χ0v) is 19.2. The van der Waals surface area contributed by atoms with Crippen molar-refractivity contribution < 1.29 is 28.5 Å². The van der Waals surface area contributed by atoms with Gasteiger partial charge in [0.2, 0.25) is 0 Å². The summed E-state index contributed by atoms with van der Waals surface area (Å²) in [6.07, 6.45) is 1.62. The molecule has 0 fully saturated rings. The van der Waals surface area contributed by atoms with E-state index in [2.05, 4.69) is 41.5 Å². The number of hydrogen-bond donors (Lipinski definition) is 1. The Hall–Kier alpha value is -0.573. The molecule has 0 aromatic carbocycles. The van der Waals surface area contributed by atoms with Gasteiger partial charge in [-0.25, -0.2) is 0 Å². The number of carbonyl (C=O) groups is 1. The van der Waals surface area contributed by atoms with Gasteiger partial charge in [-0.1, -0.05) is 47.6 Å². The van der Waals surface area contributed by atoms with Crippen molar-refractivity contribution >= 4 is 14.1 Å². The summed E-state index contributed by atoms with van der Waals surface area (Å²) < 4.78 is 22.7. The summed E-state index contributed by atoms with van der Waals surface area (Å²) in [5, 5.41) is 11.5. The van der Waals surface area contributed by atoms with Gasteiger partial charge in [-0.15, -0.1) is 0 Å². The monoisotopic (exact) mass is 402 g/mol. The number of rotatable bonds is 10.